The second-order valence-electron chi connectivity index (χ2n) is 6.66. The Hall–Kier alpha value is -3.47. The monoisotopic (exact) mass is 370 g/mol. The number of rotatable bonds is 5. The van der Waals surface area contributed by atoms with Gasteiger partial charge >= 0.3 is 0 Å². The van der Waals surface area contributed by atoms with Crippen LogP contribution in [0.2, 0.25) is 0 Å². The Morgan fingerprint density at radius 1 is 1.11 bits per heavy atom. The maximum atomic E-state index is 12.6. The predicted molar refractivity (Wildman–Crippen MR) is 112 cm³/mol. The van der Waals surface area contributed by atoms with Gasteiger partial charge in [-0.2, -0.15) is 0 Å². The minimum atomic E-state index is -0.331. The number of likely N-dealkylation sites (N-methyl/N-ethyl adjacent to an activating group) is 1. The zero-order valence-electron chi connectivity index (χ0n) is 16.0. The van der Waals surface area contributed by atoms with Gasteiger partial charge in [0.1, 0.15) is 6.04 Å². The zero-order valence-corrected chi connectivity index (χ0v) is 16.0. The molecule has 1 atom stereocenters. The fraction of sp³-hybridized carbons (Fsp3) is 0.174. The fourth-order valence-corrected chi connectivity index (χ4v) is 3.68. The number of pyridine rings is 1. The molecule has 2 heterocycles. The largest absolute Gasteiger partial charge is 0.357 e. The summed E-state index contributed by atoms with van der Waals surface area (Å²) in [5.74, 6) is -0.0253. The van der Waals surface area contributed by atoms with Gasteiger partial charge in [-0.1, -0.05) is 55.5 Å². The van der Waals surface area contributed by atoms with Crippen LogP contribution in [-0.2, 0) is 4.79 Å². The van der Waals surface area contributed by atoms with E-state index in [4.69, 9.17) is 4.98 Å². The van der Waals surface area contributed by atoms with Crippen LogP contribution in [0.15, 0.2) is 73.3 Å². The maximum absolute atomic E-state index is 12.6. The van der Waals surface area contributed by atoms with E-state index in [2.05, 4.69) is 16.4 Å². The first-order valence-electron chi connectivity index (χ1n) is 9.41. The summed E-state index contributed by atoms with van der Waals surface area (Å²) in [6.07, 6.45) is 6.10. The van der Waals surface area contributed by atoms with Crippen molar-refractivity contribution in [2.24, 2.45) is 0 Å². The molecule has 0 fully saturated rings. The molecule has 2 aromatic heterocycles. The molecule has 1 amide bonds. The summed E-state index contributed by atoms with van der Waals surface area (Å²) >= 11 is 0. The van der Waals surface area contributed by atoms with E-state index in [1.807, 2.05) is 66.2 Å². The van der Waals surface area contributed by atoms with Crippen molar-refractivity contribution in [3.63, 3.8) is 0 Å². The first-order valence-corrected chi connectivity index (χ1v) is 9.41. The summed E-state index contributed by atoms with van der Waals surface area (Å²) in [7, 11) is 1.67. The quantitative estimate of drug-likeness (QED) is 0.564. The van der Waals surface area contributed by atoms with Crippen molar-refractivity contribution in [3.05, 3.63) is 73.3 Å². The Balaban J connectivity index is 2.03. The number of imidazole rings is 1. The number of amides is 1. The summed E-state index contributed by atoms with van der Waals surface area (Å²) in [6.45, 7) is 2.01. The Labute approximate surface area is 164 Å². The van der Waals surface area contributed by atoms with Gasteiger partial charge in [0.2, 0.25) is 5.91 Å². The fourth-order valence-electron chi connectivity index (χ4n) is 3.68. The summed E-state index contributed by atoms with van der Waals surface area (Å²) in [5.41, 5.74) is 3.87. The molecule has 0 unspecified atom stereocenters. The number of aromatic nitrogens is 3. The third-order valence-electron chi connectivity index (χ3n) is 5.05. The SMILES string of the molecule is CC[C@H](C(=O)NC)n1cnc(-c2ccccc2)c1-c1cccc2cnccc12. The highest BCUT2D eigenvalue weighted by molar-refractivity contribution is 5.99. The topological polar surface area (TPSA) is 59.8 Å². The number of nitrogens with zero attached hydrogens (tertiary/aromatic N) is 3. The highest BCUT2D eigenvalue weighted by atomic mass is 16.2. The van der Waals surface area contributed by atoms with Crippen LogP contribution in [0.4, 0.5) is 0 Å². The average molecular weight is 370 g/mol. The summed E-state index contributed by atoms with van der Waals surface area (Å²) in [4.78, 5) is 21.5. The number of benzene rings is 2. The highest BCUT2D eigenvalue weighted by Gasteiger charge is 2.24. The minimum Gasteiger partial charge on any atom is -0.357 e. The molecule has 0 saturated carbocycles. The molecule has 0 aliphatic heterocycles. The van der Waals surface area contributed by atoms with E-state index in [0.717, 1.165) is 33.3 Å². The summed E-state index contributed by atoms with van der Waals surface area (Å²) in [6, 6.07) is 17.9. The van der Waals surface area contributed by atoms with Crippen LogP contribution in [0.1, 0.15) is 19.4 Å². The second-order valence-corrected chi connectivity index (χ2v) is 6.66. The predicted octanol–water partition coefficient (Wildman–Crippen LogP) is 4.46. The molecule has 0 bridgehead atoms. The first kappa shape index (κ1) is 17.9. The van der Waals surface area contributed by atoms with Gasteiger partial charge in [-0.05, 0) is 17.9 Å². The molecular formula is C23H22N4O. The van der Waals surface area contributed by atoms with Crippen molar-refractivity contribution in [3.8, 4) is 22.5 Å². The van der Waals surface area contributed by atoms with Crippen LogP contribution < -0.4 is 5.32 Å². The smallest absolute Gasteiger partial charge is 0.242 e. The number of nitrogens with one attached hydrogen (secondary N) is 1. The van der Waals surface area contributed by atoms with Crippen LogP contribution in [0.3, 0.4) is 0 Å². The Bertz CT molecular complexity index is 1110. The molecule has 0 aliphatic carbocycles. The number of hydrogen-bond donors (Lipinski definition) is 1. The van der Waals surface area contributed by atoms with Gasteiger partial charge < -0.3 is 9.88 Å². The number of carbonyl (C=O) groups excluding carboxylic acids is 1. The van der Waals surface area contributed by atoms with E-state index in [9.17, 15) is 4.79 Å². The maximum Gasteiger partial charge on any atom is 0.242 e. The standard InChI is InChI=1S/C23H22N4O/c1-3-20(23(28)24-2)27-15-26-21(16-8-5-4-6-9-16)22(27)19-11-7-10-17-14-25-13-12-18(17)19/h4-15,20H,3H2,1-2H3,(H,24,28)/t20-/m1/s1. The molecule has 5 heteroatoms. The Morgan fingerprint density at radius 2 is 1.93 bits per heavy atom. The Morgan fingerprint density at radius 3 is 2.68 bits per heavy atom. The molecule has 140 valence electrons. The number of fused-ring (bicyclic) bond motifs is 1. The molecule has 1 N–H and O–H groups in total. The average Bonchev–Trinajstić information content (AvgIpc) is 3.18. The lowest BCUT2D eigenvalue weighted by molar-refractivity contribution is -0.123. The van der Waals surface area contributed by atoms with Crippen molar-refractivity contribution in [2.45, 2.75) is 19.4 Å². The molecule has 4 rings (SSSR count). The van der Waals surface area contributed by atoms with Crippen LogP contribution in [0.5, 0.6) is 0 Å². The molecule has 0 aliphatic rings. The minimum absolute atomic E-state index is 0.0253. The lowest BCUT2D eigenvalue weighted by Crippen LogP contribution is -2.29. The van der Waals surface area contributed by atoms with Crippen molar-refractivity contribution in [1.82, 2.24) is 19.9 Å². The summed E-state index contributed by atoms with van der Waals surface area (Å²) in [5, 5.41) is 4.92. The molecule has 4 aromatic rings. The molecule has 2 aromatic carbocycles. The number of carbonyl (C=O) groups is 1. The lowest BCUT2D eigenvalue weighted by Gasteiger charge is -2.20. The van der Waals surface area contributed by atoms with Gasteiger partial charge in [0, 0.05) is 36.0 Å². The molecular weight excluding hydrogens is 348 g/mol. The van der Waals surface area contributed by atoms with Gasteiger partial charge in [-0.3, -0.25) is 9.78 Å². The molecule has 0 spiro atoms. The van der Waals surface area contributed by atoms with Crippen LogP contribution in [0, 0.1) is 0 Å². The second kappa shape index (κ2) is 7.64. The van der Waals surface area contributed by atoms with Gasteiger partial charge in [-0.25, -0.2) is 4.98 Å². The molecule has 0 radical (unpaired) electrons. The van der Waals surface area contributed by atoms with Crippen molar-refractivity contribution in [2.75, 3.05) is 7.05 Å². The van der Waals surface area contributed by atoms with E-state index >= 15 is 0 Å². The van der Waals surface area contributed by atoms with Gasteiger partial charge in [0.05, 0.1) is 17.7 Å². The highest BCUT2D eigenvalue weighted by Crippen LogP contribution is 2.37. The van der Waals surface area contributed by atoms with E-state index in [1.54, 1.807) is 19.6 Å². The molecule has 0 saturated heterocycles. The lowest BCUT2D eigenvalue weighted by atomic mass is 9.99. The van der Waals surface area contributed by atoms with Gasteiger partial charge in [-0.15, -0.1) is 0 Å². The third kappa shape index (κ3) is 3.05. The van der Waals surface area contributed by atoms with Crippen molar-refractivity contribution in [1.29, 1.82) is 0 Å². The van der Waals surface area contributed by atoms with E-state index < -0.39 is 0 Å². The van der Waals surface area contributed by atoms with Crippen LogP contribution in [0.25, 0.3) is 33.3 Å². The zero-order chi connectivity index (χ0) is 19.5. The van der Waals surface area contributed by atoms with Crippen LogP contribution in [-0.4, -0.2) is 27.5 Å². The first-order chi connectivity index (χ1) is 13.7. The number of hydrogen-bond acceptors (Lipinski definition) is 3. The van der Waals surface area contributed by atoms with Gasteiger partial charge in [0.25, 0.3) is 0 Å². The Kier molecular flexibility index (Phi) is 4.89. The van der Waals surface area contributed by atoms with Crippen molar-refractivity contribution < 1.29 is 4.79 Å². The normalized spacial score (nSPS) is 12.1. The van der Waals surface area contributed by atoms with E-state index in [1.165, 1.54) is 0 Å². The van der Waals surface area contributed by atoms with E-state index in [0.29, 0.717) is 6.42 Å². The van der Waals surface area contributed by atoms with Gasteiger partial charge in [0.15, 0.2) is 0 Å². The molecule has 5 nitrogen and oxygen atoms in total. The van der Waals surface area contributed by atoms with E-state index in [-0.39, 0.29) is 11.9 Å². The third-order valence-corrected chi connectivity index (χ3v) is 5.05. The van der Waals surface area contributed by atoms with Crippen molar-refractivity contribution >= 4 is 16.7 Å². The van der Waals surface area contributed by atoms with Crippen LogP contribution >= 0.6 is 0 Å². The molecule has 28 heavy (non-hydrogen) atoms. The summed E-state index contributed by atoms with van der Waals surface area (Å²) < 4.78 is 2.00.